The number of para-hydroxylation sites is 1. The minimum Gasteiger partial charge on any atom is -0.484 e. The fourth-order valence-corrected chi connectivity index (χ4v) is 1.27. The van der Waals surface area contributed by atoms with Crippen LogP contribution >= 0.6 is 0 Å². The zero-order chi connectivity index (χ0) is 14.8. The molecule has 1 rings (SSSR count). The summed E-state index contributed by atoms with van der Waals surface area (Å²) in [7, 11) is 0. The van der Waals surface area contributed by atoms with Gasteiger partial charge in [-0.15, -0.1) is 0 Å². The lowest BCUT2D eigenvalue weighted by Crippen LogP contribution is -2.39. The van der Waals surface area contributed by atoms with Gasteiger partial charge in [0.15, 0.2) is 6.61 Å². The third-order valence-electron chi connectivity index (χ3n) is 2.22. The smallest absolute Gasteiger partial charge is 0.305 e. The Balaban J connectivity index is 2.13. The van der Waals surface area contributed by atoms with Gasteiger partial charge in [-0.05, 0) is 12.1 Å². The third kappa shape index (κ3) is 7.00. The number of amides is 2. The fourth-order valence-electron chi connectivity index (χ4n) is 1.27. The van der Waals surface area contributed by atoms with Crippen molar-refractivity contribution >= 4 is 17.8 Å². The van der Waals surface area contributed by atoms with Crippen molar-refractivity contribution in [3.8, 4) is 5.75 Å². The predicted molar refractivity (Wildman–Crippen MR) is 70.2 cm³/mol. The molecule has 0 aromatic heterocycles. The number of hydrogen-bond acceptors (Lipinski definition) is 4. The minimum absolute atomic E-state index is 0.0323. The summed E-state index contributed by atoms with van der Waals surface area (Å²) in [5.41, 5.74) is 0. The zero-order valence-electron chi connectivity index (χ0n) is 10.8. The molecule has 1 aromatic rings. The van der Waals surface area contributed by atoms with E-state index in [4.69, 9.17) is 9.84 Å². The van der Waals surface area contributed by atoms with Gasteiger partial charge in [0.1, 0.15) is 5.75 Å². The van der Waals surface area contributed by atoms with Crippen LogP contribution in [0, 0.1) is 0 Å². The summed E-state index contributed by atoms with van der Waals surface area (Å²) in [6.07, 6.45) is -0.156. The highest BCUT2D eigenvalue weighted by molar-refractivity contribution is 5.85. The maximum Gasteiger partial charge on any atom is 0.305 e. The summed E-state index contributed by atoms with van der Waals surface area (Å²) in [4.78, 5) is 32.9. The summed E-state index contributed by atoms with van der Waals surface area (Å²) < 4.78 is 5.19. The molecule has 7 nitrogen and oxygen atoms in total. The zero-order valence-corrected chi connectivity index (χ0v) is 10.8. The average Bonchev–Trinajstić information content (AvgIpc) is 2.43. The SMILES string of the molecule is O=C(O)CCNC(=O)CNC(=O)COc1ccccc1. The van der Waals surface area contributed by atoms with Crippen molar-refractivity contribution < 1.29 is 24.2 Å². The second-order valence-electron chi connectivity index (χ2n) is 3.87. The Morgan fingerprint density at radius 3 is 2.40 bits per heavy atom. The van der Waals surface area contributed by atoms with Crippen molar-refractivity contribution in [3.05, 3.63) is 30.3 Å². The molecule has 0 spiro atoms. The molecule has 0 fully saturated rings. The number of hydrogen-bond donors (Lipinski definition) is 3. The number of nitrogens with one attached hydrogen (secondary N) is 2. The molecule has 0 aliphatic carbocycles. The van der Waals surface area contributed by atoms with Gasteiger partial charge in [-0.3, -0.25) is 14.4 Å². The molecule has 3 N–H and O–H groups in total. The van der Waals surface area contributed by atoms with Crippen LogP contribution in [0.1, 0.15) is 6.42 Å². The molecule has 0 atom stereocenters. The van der Waals surface area contributed by atoms with E-state index in [9.17, 15) is 14.4 Å². The van der Waals surface area contributed by atoms with Gasteiger partial charge < -0.3 is 20.5 Å². The summed E-state index contributed by atoms with van der Waals surface area (Å²) in [5.74, 6) is -1.30. The first-order valence-corrected chi connectivity index (χ1v) is 6.01. The van der Waals surface area contributed by atoms with Crippen LogP contribution < -0.4 is 15.4 Å². The van der Waals surface area contributed by atoms with Gasteiger partial charge in [-0.1, -0.05) is 18.2 Å². The van der Waals surface area contributed by atoms with Crippen LogP contribution in [-0.2, 0) is 14.4 Å². The fraction of sp³-hybridized carbons (Fsp3) is 0.308. The molecule has 0 saturated carbocycles. The summed E-state index contributed by atoms with van der Waals surface area (Å²) >= 11 is 0. The Hall–Kier alpha value is -2.57. The van der Waals surface area contributed by atoms with Gasteiger partial charge in [0.25, 0.3) is 5.91 Å². The molecule has 0 bridgehead atoms. The van der Waals surface area contributed by atoms with E-state index in [-0.39, 0.29) is 26.1 Å². The van der Waals surface area contributed by atoms with Crippen LogP contribution in [0.5, 0.6) is 5.75 Å². The highest BCUT2D eigenvalue weighted by atomic mass is 16.5. The van der Waals surface area contributed by atoms with Crippen LogP contribution in [0.15, 0.2) is 30.3 Å². The number of aliphatic carboxylic acids is 1. The molecule has 0 saturated heterocycles. The molecule has 0 radical (unpaired) electrons. The number of carboxylic acids is 1. The second kappa shape index (κ2) is 8.52. The lowest BCUT2D eigenvalue weighted by Gasteiger charge is -2.07. The predicted octanol–water partition coefficient (Wildman–Crippen LogP) is -0.227. The normalized spacial score (nSPS) is 9.60. The number of carbonyl (C=O) groups is 3. The van der Waals surface area contributed by atoms with Gasteiger partial charge in [0.2, 0.25) is 5.91 Å². The first-order chi connectivity index (χ1) is 9.58. The van der Waals surface area contributed by atoms with E-state index >= 15 is 0 Å². The second-order valence-corrected chi connectivity index (χ2v) is 3.87. The monoisotopic (exact) mass is 280 g/mol. The molecular formula is C13H16N2O5. The summed E-state index contributed by atoms with van der Waals surface area (Å²) in [5, 5.41) is 13.1. The molecule has 20 heavy (non-hydrogen) atoms. The average molecular weight is 280 g/mol. The van der Waals surface area contributed by atoms with Crippen molar-refractivity contribution in [1.82, 2.24) is 10.6 Å². The van der Waals surface area contributed by atoms with Crippen LogP contribution in [0.25, 0.3) is 0 Å². The Labute approximate surface area is 115 Å². The Kier molecular flexibility index (Phi) is 6.60. The Morgan fingerprint density at radius 2 is 1.75 bits per heavy atom. The van der Waals surface area contributed by atoms with E-state index in [1.165, 1.54) is 0 Å². The number of benzene rings is 1. The maximum absolute atomic E-state index is 11.4. The Morgan fingerprint density at radius 1 is 1.05 bits per heavy atom. The van der Waals surface area contributed by atoms with E-state index in [1.807, 2.05) is 6.07 Å². The molecule has 0 aliphatic heterocycles. The van der Waals surface area contributed by atoms with Crippen molar-refractivity contribution in [2.24, 2.45) is 0 Å². The number of carbonyl (C=O) groups excluding carboxylic acids is 2. The van der Waals surface area contributed by atoms with Gasteiger partial charge >= 0.3 is 5.97 Å². The lowest BCUT2D eigenvalue weighted by molar-refractivity contribution is -0.137. The van der Waals surface area contributed by atoms with Crippen molar-refractivity contribution in [2.75, 3.05) is 19.7 Å². The number of carboxylic acid groups (broad SMARTS) is 1. The molecular weight excluding hydrogens is 264 g/mol. The Bertz CT molecular complexity index is 461. The maximum atomic E-state index is 11.4. The molecule has 0 heterocycles. The van der Waals surface area contributed by atoms with Gasteiger partial charge in [0, 0.05) is 6.54 Å². The summed E-state index contributed by atoms with van der Waals surface area (Å²) in [6, 6.07) is 8.82. The van der Waals surface area contributed by atoms with Crippen LogP contribution in [0.4, 0.5) is 0 Å². The highest BCUT2D eigenvalue weighted by Gasteiger charge is 2.06. The largest absolute Gasteiger partial charge is 0.484 e. The topological polar surface area (TPSA) is 105 Å². The van der Waals surface area contributed by atoms with Gasteiger partial charge in [-0.25, -0.2) is 0 Å². The number of rotatable bonds is 8. The molecule has 1 aromatic carbocycles. The molecule has 7 heteroatoms. The standard InChI is InChI=1S/C13H16N2O5/c16-11(14-7-6-13(18)19)8-15-12(17)9-20-10-4-2-1-3-5-10/h1-5H,6-9H2,(H,14,16)(H,15,17)(H,18,19). The lowest BCUT2D eigenvalue weighted by atomic mass is 10.3. The van der Waals surface area contributed by atoms with Crippen LogP contribution in [0.3, 0.4) is 0 Å². The first kappa shape index (κ1) is 15.5. The quantitative estimate of drug-likeness (QED) is 0.610. The summed E-state index contributed by atoms with van der Waals surface area (Å²) in [6.45, 7) is -0.367. The highest BCUT2D eigenvalue weighted by Crippen LogP contribution is 2.07. The van der Waals surface area contributed by atoms with E-state index in [0.717, 1.165) is 0 Å². The van der Waals surface area contributed by atoms with Crippen molar-refractivity contribution in [3.63, 3.8) is 0 Å². The van der Waals surface area contributed by atoms with E-state index in [2.05, 4.69) is 10.6 Å². The van der Waals surface area contributed by atoms with E-state index < -0.39 is 17.8 Å². The van der Waals surface area contributed by atoms with E-state index in [1.54, 1.807) is 24.3 Å². The van der Waals surface area contributed by atoms with E-state index in [0.29, 0.717) is 5.75 Å². The van der Waals surface area contributed by atoms with Crippen molar-refractivity contribution in [2.45, 2.75) is 6.42 Å². The molecule has 0 aliphatic rings. The number of ether oxygens (including phenoxy) is 1. The van der Waals surface area contributed by atoms with Gasteiger partial charge in [-0.2, -0.15) is 0 Å². The first-order valence-electron chi connectivity index (χ1n) is 6.01. The molecule has 0 unspecified atom stereocenters. The molecule has 108 valence electrons. The van der Waals surface area contributed by atoms with Gasteiger partial charge in [0.05, 0.1) is 13.0 Å². The third-order valence-corrected chi connectivity index (χ3v) is 2.22. The van der Waals surface area contributed by atoms with Crippen molar-refractivity contribution in [1.29, 1.82) is 0 Å². The minimum atomic E-state index is -0.995. The van der Waals surface area contributed by atoms with Crippen LogP contribution in [-0.4, -0.2) is 42.6 Å². The molecule has 2 amide bonds. The van der Waals surface area contributed by atoms with Crippen LogP contribution in [0.2, 0.25) is 0 Å².